The van der Waals surface area contributed by atoms with Gasteiger partial charge in [0.2, 0.25) is 0 Å². The number of nitrogens with one attached hydrogen (secondary N) is 1. The summed E-state index contributed by atoms with van der Waals surface area (Å²) in [5.41, 5.74) is 3.12. The van der Waals surface area contributed by atoms with Crippen LogP contribution in [0.2, 0.25) is 0 Å². The van der Waals surface area contributed by atoms with Crippen molar-refractivity contribution < 1.29 is 18.3 Å². The fraction of sp³-hybridized carbons (Fsp3) is 0.167. The van der Waals surface area contributed by atoms with E-state index in [-0.39, 0.29) is 18.2 Å². The average Bonchev–Trinajstić information content (AvgIpc) is 3.34. The van der Waals surface area contributed by atoms with Crippen LogP contribution in [0.5, 0.6) is 5.75 Å². The highest BCUT2D eigenvalue weighted by atomic mass is 79.9. The number of amides is 1. The molecule has 0 radical (unpaired) electrons. The molecule has 32 heavy (non-hydrogen) atoms. The molecule has 0 bridgehead atoms. The normalized spacial score (nSPS) is 10.9. The highest BCUT2D eigenvalue weighted by Gasteiger charge is 2.16. The summed E-state index contributed by atoms with van der Waals surface area (Å²) < 4.78 is 26.8. The van der Waals surface area contributed by atoms with Crippen LogP contribution >= 0.6 is 15.9 Å². The maximum Gasteiger partial charge on any atom is 0.292 e. The summed E-state index contributed by atoms with van der Waals surface area (Å²) in [5, 5.41) is 7.10. The van der Waals surface area contributed by atoms with Crippen molar-refractivity contribution in [3.63, 3.8) is 0 Å². The molecule has 0 aliphatic heterocycles. The van der Waals surface area contributed by atoms with Crippen LogP contribution < -0.4 is 10.1 Å². The van der Waals surface area contributed by atoms with Crippen molar-refractivity contribution in [3.8, 4) is 5.75 Å². The molecule has 4 aromatic rings. The Kier molecular flexibility index (Phi) is 6.41. The molecule has 1 amide bonds. The highest BCUT2D eigenvalue weighted by molar-refractivity contribution is 9.10. The molecule has 6 nitrogen and oxygen atoms in total. The van der Waals surface area contributed by atoms with Crippen LogP contribution in [0.15, 0.2) is 69.7 Å². The van der Waals surface area contributed by atoms with Gasteiger partial charge >= 0.3 is 0 Å². The highest BCUT2D eigenvalue weighted by Crippen LogP contribution is 2.23. The molecule has 164 valence electrons. The summed E-state index contributed by atoms with van der Waals surface area (Å²) in [4.78, 5) is 12.6. The Morgan fingerprint density at radius 3 is 2.56 bits per heavy atom. The van der Waals surface area contributed by atoms with E-state index in [2.05, 4.69) is 32.4 Å². The SMILES string of the molecule is Cc1cc(C)cc(OCc2ccc(C(=O)Nc3nn(Cc4ccc(F)cc4)cc3Br)o2)c1. The predicted molar refractivity (Wildman–Crippen MR) is 122 cm³/mol. The van der Waals surface area contributed by atoms with E-state index in [9.17, 15) is 9.18 Å². The van der Waals surface area contributed by atoms with Gasteiger partial charge in [0.15, 0.2) is 11.6 Å². The Labute approximate surface area is 193 Å². The fourth-order valence-corrected chi connectivity index (χ4v) is 3.67. The molecule has 0 fully saturated rings. The average molecular weight is 498 g/mol. The number of carbonyl (C=O) groups excluding carboxylic acids is 1. The Hall–Kier alpha value is -3.39. The largest absolute Gasteiger partial charge is 0.486 e. The molecule has 2 heterocycles. The number of ether oxygens (including phenoxy) is 1. The summed E-state index contributed by atoms with van der Waals surface area (Å²) in [6.45, 7) is 4.67. The van der Waals surface area contributed by atoms with Crippen molar-refractivity contribution in [1.29, 1.82) is 0 Å². The zero-order chi connectivity index (χ0) is 22.7. The lowest BCUT2D eigenvalue weighted by molar-refractivity contribution is 0.0992. The van der Waals surface area contributed by atoms with Gasteiger partial charge in [-0.25, -0.2) is 4.39 Å². The van der Waals surface area contributed by atoms with Gasteiger partial charge in [-0.05, 0) is 82.9 Å². The first-order valence-corrected chi connectivity index (χ1v) is 10.7. The predicted octanol–water partition coefficient (Wildman–Crippen LogP) is 5.87. The second kappa shape index (κ2) is 9.40. The number of hydrogen-bond acceptors (Lipinski definition) is 4. The molecule has 2 aromatic carbocycles. The van der Waals surface area contributed by atoms with Gasteiger partial charge in [-0.2, -0.15) is 5.10 Å². The van der Waals surface area contributed by atoms with E-state index >= 15 is 0 Å². The number of aryl methyl sites for hydroxylation is 2. The molecule has 0 aliphatic carbocycles. The van der Waals surface area contributed by atoms with Crippen LogP contribution in [0.1, 0.15) is 33.0 Å². The third-order valence-electron chi connectivity index (χ3n) is 4.67. The standard InChI is InChI=1S/C24H21BrFN3O3/c1-15-9-16(2)11-20(10-15)31-14-19-7-8-22(32-19)24(30)27-23-21(25)13-29(28-23)12-17-3-5-18(26)6-4-17/h3-11,13H,12,14H2,1-2H3,(H,27,28,30). The molecule has 0 spiro atoms. The molecule has 8 heteroatoms. The number of carbonyl (C=O) groups is 1. The number of halogens is 2. The van der Waals surface area contributed by atoms with Crippen molar-refractivity contribution >= 4 is 27.7 Å². The molecule has 1 N–H and O–H groups in total. The number of anilines is 1. The fourth-order valence-electron chi connectivity index (χ4n) is 3.26. The second-order valence-corrected chi connectivity index (χ2v) is 8.34. The van der Waals surface area contributed by atoms with Gasteiger partial charge in [0.1, 0.15) is 23.9 Å². The van der Waals surface area contributed by atoms with Crippen LogP contribution in [0.25, 0.3) is 0 Å². The number of nitrogens with zero attached hydrogens (tertiary/aromatic N) is 2. The van der Waals surface area contributed by atoms with Crippen molar-refractivity contribution in [2.24, 2.45) is 0 Å². The van der Waals surface area contributed by atoms with Crippen LogP contribution in [-0.2, 0) is 13.2 Å². The van der Waals surface area contributed by atoms with E-state index in [1.165, 1.54) is 12.1 Å². The zero-order valence-electron chi connectivity index (χ0n) is 17.6. The lowest BCUT2D eigenvalue weighted by Crippen LogP contribution is -2.12. The van der Waals surface area contributed by atoms with Gasteiger partial charge in [0.05, 0.1) is 11.0 Å². The Bertz CT molecular complexity index is 1230. The topological polar surface area (TPSA) is 69.3 Å². The second-order valence-electron chi connectivity index (χ2n) is 7.48. The number of rotatable bonds is 7. The van der Waals surface area contributed by atoms with Crippen molar-refractivity contribution in [2.75, 3.05) is 5.32 Å². The van der Waals surface area contributed by atoms with E-state index in [0.717, 1.165) is 22.4 Å². The maximum atomic E-state index is 13.1. The van der Waals surface area contributed by atoms with E-state index in [4.69, 9.17) is 9.15 Å². The minimum Gasteiger partial charge on any atom is -0.486 e. The lowest BCUT2D eigenvalue weighted by Gasteiger charge is -2.06. The quantitative estimate of drug-likeness (QED) is 0.346. The summed E-state index contributed by atoms with van der Waals surface area (Å²) >= 11 is 3.40. The molecule has 0 saturated heterocycles. The lowest BCUT2D eigenvalue weighted by atomic mass is 10.1. The van der Waals surface area contributed by atoms with Crippen molar-refractivity contribution in [3.05, 3.63) is 99.3 Å². The van der Waals surface area contributed by atoms with Crippen molar-refractivity contribution in [2.45, 2.75) is 27.0 Å². The van der Waals surface area contributed by atoms with Gasteiger partial charge in [0.25, 0.3) is 5.91 Å². The maximum absolute atomic E-state index is 13.1. The summed E-state index contributed by atoms with van der Waals surface area (Å²) in [5.74, 6) is 1.09. The monoisotopic (exact) mass is 497 g/mol. The van der Waals surface area contributed by atoms with E-state index in [1.54, 1.807) is 35.1 Å². The number of hydrogen-bond donors (Lipinski definition) is 1. The molecule has 4 rings (SSSR count). The molecule has 2 aromatic heterocycles. The molecular weight excluding hydrogens is 477 g/mol. The van der Waals surface area contributed by atoms with Crippen LogP contribution in [0.3, 0.4) is 0 Å². The molecular formula is C24H21BrFN3O3. The van der Waals surface area contributed by atoms with Gasteiger partial charge in [-0.15, -0.1) is 0 Å². The van der Waals surface area contributed by atoms with Crippen LogP contribution in [-0.4, -0.2) is 15.7 Å². The summed E-state index contributed by atoms with van der Waals surface area (Å²) in [6, 6.07) is 15.4. The molecule has 0 saturated carbocycles. The van der Waals surface area contributed by atoms with E-state index in [0.29, 0.717) is 22.6 Å². The first kappa shape index (κ1) is 21.8. The van der Waals surface area contributed by atoms with Crippen LogP contribution in [0.4, 0.5) is 10.2 Å². The molecule has 0 unspecified atom stereocenters. The third kappa shape index (κ3) is 5.45. The van der Waals surface area contributed by atoms with E-state index in [1.807, 2.05) is 26.0 Å². The number of furan rings is 1. The number of benzene rings is 2. The van der Waals surface area contributed by atoms with Gasteiger partial charge < -0.3 is 14.5 Å². The number of aromatic nitrogens is 2. The first-order chi connectivity index (χ1) is 15.4. The summed E-state index contributed by atoms with van der Waals surface area (Å²) in [6.07, 6.45) is 1.74. The Balaban J connectivity index is 1.37. The smallest absolute Gasteiger partial charge is 0.292 e. The molecule has 0 aliphatic rings. The summed E-state index contributed by atoms with van der Waals surface area (Å²) in [7, 11) is 0. The first-order valence-electron chi connectivity index (χ1n) is 9.94. The van der Waals surface area contributed by atoms with E-state index < -0.39 is 5.91 Å². The minimum absolute atomic E-state index is 0.156. The van der Waals surface area contributed by atoms with Gasteiger partial charge in [0, 0.05) is 6.20 Å². The Morgan fingerprint density at radius 1 is 1.12 bits per heavy atom. The minimum atomic E-state index is -0.421. The molecule has 0 atom stereocenters. The van der Waals surface area contributed by atoms with Crippen molar-refractivity contribution in [1.82, 2.24) is 9.78 Å². The Morgan fingerprint density at radius 2 is 1.84 bits per heavy atom. The zero-order valence-corrected chi connectivity index (χ0v) is 19.1. The van der Waals surface area contributed by atoms with Crippen LogP contribution in [0, 0.1) is 19.7 Å². The van der Waals surface area contributed by atoms with Gasteiger partial charge in [-0.1, -0.05) is 18.2 Å². The van der Waals surface area contributed by atoms with Gasteiger partial charge in [-0.3, -0.25) is 9.48 Å². The third-order valence-corrected chi connectivity index (χ3v) is 5.25.